The average molecular weight is 264 g/mol. The zero-order valence-electron chi connectivity index (χ0n) is 11.1. The summed E-state index contributed by atoms with van der Waals surface area (Å²) in [5.41, 5.74) is 7.54. The standard InChI is InChI=1S/C13H20N4S/c1-9-7-17(8-10(2)16(9)3)11-5-4-6-15-12(11)13(14)18/h4-6,9-10H,7-8H2,1-3H3,(H2,14,18). The lowest BCUT2D eigenvalue weighted by atomic mass is 10.1. The molecule has 0 radical (unpaired) electrons. The van der Waals surface area contributed by atoms with Crippen molar-refractivity contribution >= 4 is 22.9 Å². The molecular weight excluding hydrogens is 244 g/mol. The zero-order chi connectivity index (χ0) is 13.3. The van der Waals surface area contributed by atoms with Crippen molar-refractivity contribution < 1.29 is 0 Å². The molecule has 0 bridgehead atoms. The molecule has 2 atom stereocenters. The molecular formula is C13H20N4S. The predicted molar refractivity (Wildman–Crippen MR) is 79.0 cm³/mol. The summed E-state index contributed by atoms with van der Waals surface area (Å²) in [4.78, 5) is 9.39. The molecule has 4 nitrogen and oxygen atoms in total. The first-order valence-corrected chi connectivity index (χ1v) is 6.63. The molecule has 1 aliphatic rings. The van der Waals surface area contributed by atoms with E-state index in [0.29, 0.717) is 17.1 Å². The highest BCUT2D eigenvalue weighted by molar-refractivity contribution is 7.80. The summed E-state index contributed by atoms with van der Waals surface area (Å²) in [6.07, 6.45) is 1.74. The van der Waals surface area contributed by atoms with Gasteiger partial charge in [-0.15, -0.1) is 0 Å². The van der Waals surface area contributed by atoms with Crippen LogP contribution in [0.4, 0.5) is 5.69 Å². The lowest BCUT2D eigenvalue weighted by Gasteiger charge is -2.43. The van der Waals surface area contributed by atoms with Gasteiger partial charge in [-0.25, -0.2) is 0 Å². The second-order valence-electron chi connectivity index (χ2n) is 5.00. The van der Waals surface area contributed by atoms with Gasteiger partial charge in [-0.1, -0.05) is 12.2 Å². The van der Waals surface area contributed by atoms with Gasteiger partial charge in [0.1, 0.15) is 10.7 Å². The van der Waals surface area contributed by atoms with Crippen LogP contribution in [0.2, 0.25) is 0 Å². The van der Waals surface area contributed by atoms with Crippen LogP contribution in [0.3, 0.4) is 0 Å². The Kier molecular flexibility index (Phi) is 3.82. The number of nitrogens with zero attached hydrogens (tertiary/aromatic N) is 3. The van der Waals surface area contributed by atoms with Gasteiger partial charge in [0.15, 0.2) is 0 Å². The van der Waals surface area contributed by atoms with Crippen LogP contribution in [-0.2, 0) is 0 Å². The number of rotatable bonds is 2. The molecule has 2 rings (SSSR count). The van der Waals surface area contributed by atoms with Crippen molar-refractivity contribution in [3.05, 3.63) is 24.0 Å². The first kappa shape index (κ1) is 13.2. The predicted octanol–water partition coefficient (Wildman–Crippen LogP) is 1.24. The number of anilines is 1. The van der Waals surface area contributed by atoms with E-state index in [1.54, 1.807) is 6.20 Å². The van der Waals surface area contributed by atoms with Crippen LogP contribution in [-0.4, -0.2) is 47.1 Å². The smallest absolute Gasteiger partial charge is 0.124 e. The summed E-state index contributed by atoms with van der Waals surface area (Å²) in [7, 11) is 2.17. The Morgan fingerprint density at radius 1 is 1.39 bits per heavy atom. The van der Waals surface area contributed by atoms with Gasteiger partial charge in [0.05, 0.1) is 5.69 Å². The Morgan fingerprint density at radius 3 is 2.56 bits per heavy atom. The molecule has 0 saturated carbocycles. The minimum Gasteiger partial charge on any atom is -0.388 e. The van der Waals surface area contributed by atoms with Crippen molar-refractivity contribution in [2.45, 2.75) is 25.9 Å². The van der Waals surface area contributed by atoms with Crippen LogP contribution in [0.5, 0.6) is 0 Å². The molecule has 0 spiro atoms. The van der Waals surface area contributed by atoms with Crippen LogP contribution >= 0.6 is 12.2 Å². The molecule has 2 heterocycles. The van der Waals surface area contributed by atoms with Crippen LogP contribution < -0.4 is 10.6 Å². The van der Waals surface area contributed by atoms with E-state index >= 15 is 0 Å². The van der Waals surface area contributed by atoms with Gasteiger partial charge < -0.3 is 10.6 Å². The van der Waals surface area contributed by atoms with Crippen molar-refractivity contribution in [3.8, 4) is 0 Å². The first-order chi connectivity index (χ1) is 8.50. The maximum Gasteiger partial charge on any atom is 0.124 e. The third kappa shape index (κ3) is 2.47. The van der Waals surface area contributed by atoms with Gasteiger partial charge in [0.25, 0.3) is 0 Å². The molecule has 0 aliphatic carbocycles. The number of piperazine rings is 1. The lowest BCUT2D eigenvalue weighted by Crippen LogP contribution is -2.55. The van der Waals surface area contributed by atoms with Crippen molar-refractivity contribution in [1.82, 2.24) is 9.88 Å². The van der Waals surface area contributed by atoms with E-state index < -0.39 is 0 Å². The molecule has 1 aromatic heterocycles. The minimum atomic E-state index is 0.366. The molecule has 1 saturated heterocycles. The van der Waals surface area contributed by atoms with Crippen molar-refractivity contribution in [3.63, 3.8) is 0 Å². The second kappa shape index (κ2) is 5.20. The topological polar surface area (TPSA) is 45.4 Å². The normalized spacial score (nSPS) is 25.2. The fraction of sp³-hybridized carbons (Fsp3) is 0.538. The van der Waals surface area contributed by atoms with Gasteiger partial charge in [-0.2, -0.15) is 0 Å². The Balaban J connectivity index is 2.30. The summed E-state index contributed by atoms with van der Waals surface area (Å²) >= 11 is 5.08. The summed E-state index contributed by atoms with van der Waals surface area (Å²) in [5, 5.41) is 0. The molecule has 0 amide bonds. The Morgan fingerprint density at radius 2 is 2.00 bits per heavy atom. The highest BCUT2D eigenvalue weighted by Gasteiger charge is 2.28. The highest BCUT2D eigenvalue weighted by atomic mass is 32.1. The lowest BCUT2D eigenvalue weighted by molar-refractivity contribution is 0.170. The van der Waals surface area contributed by atoms with Gasteiger partial charge >= 0.3 is 0 Å². The van der Waals surface area contributed by atoms with Crippen molar-refractivity contribution in [2.75, 3.05) is 25.0 Å². The summed E-state index contributed by atoms with van der Waals surface area (Å²) < 4.78 is 0. The first-order valence-electron chi connectivity index (χ1n) is 6.22. The molecule has 2 unspecified atom stereocenters. The van der Waals surface area contributed by atoms with Crippen LogP contribution in [0.15, 0.2) is 18.3 Å². The van der Waals surface area contributed by atoms with Crippen LogP contribution in [0.1, 0.15) is 19.5 Å². The molecule has 1 fully saturated rings. The molecule has 98 valence electrons. The van der Waals surface area contributed by atoms with Gasteiger partial charge in [-0.05, 0) is 33.0 Å². The number of pyridine rings is 1. The minimum absolute atomic E-state index is 0.366. The quantitative estimate of drug-likeness (QED) is 0.814. The molecule has 5 heteroatoms. The van der Waals surface area contributed by atoms with E-state index in [0.717, 1.165) is 24.5 Å². The maximum absolute atomic E-state index is 5.75. The number of thiocarbonyl (C=S) groups is 1. The molecule has 0 aromatic carbocycles. The van der Waals surface area contributed by atoms with Crippen LogP contribution in [0.25, 0.3) is 0 Å². The number of nitrogens with two attached hydrogens (primary N) is 1. The molecule has 1 aromatic rings. The van der Waals surface area contributed by atoms with Crippen molar-refractivity contribution in [1.29, 1.82) is 0 Å². The van der Waals surface area contributed by atoms with Gasteiger partial charge in [-0.3, -0.25) is 9.88 Å². The van der Waals surface area contributed by atoms with E-state index in [2.05, 4.69) is 35.7 Å². The van der Waals surface area contributed by atoms with E-state index in [1.165, 1.54) is 0 Å². The fourth-order valence-corrected chi connectivity index (χ4v) is 2.60. The van der Waals surface area contributed by atoms with E-state index in [4.69, 9.17) is 18.0 Å². The van der Waals surface area contributed by atoms with E-state index in [9.17, 15) is 0 Å². The summed E-state index contributed by atoms with van der Waals surface area (Å²) in [6.45, 7) is 6.42. The zero-order valence-corrected chi connectivity index (χ0v) is 11.9. The third-order valence-corrected chi connectivity index (χ3v) is 3.91. The monoisotopic (exact) mass is 264 g/mol. The van der Waals surface area contributed by atoms with Crippen LogP contribution in [0, 0.1) is 0 Å². The Bertz CT molecular complexity index is 436. The summed E-state index contributed by atoms with van der Waals surface area (Å²) in [6, 6.07) is 5.00. The second-order valence-corrected chi connectivity index (χ2v) is 5.44. The van der Waals surface area contributed by atoms with Gasteiger partial charge in [0, 0.05) is 31.4 Å². The van der Waals surface area contributed by atoms with E-state index in [1.807, 2.05) is 12.1 Å². The van der Waals surface area contributed by atoms with E-state index in [-0.39, 0.29) is 0 Å². The molecule has 18 heavy (non-hydrogen) atoms. The highest BCUT2D eigenvalue weighted by Crippen LogP contribution is 2.23. The Labute approximate surface area is 114 Å². The third-order valence-electron chi connectivity index (χ3n) is 3.72. The van der Waals surface area contributed by atoms with Gasteiger partial charge in [0.2, 0.25) is 0 Å². The molecule has 2 N–H and O–H groups in total. The number of aromatic nitrogens is 1. The maximum atomic E-state index is 5.75. The summed E-state index contributed by atoms with van der Waals surface area (Å²) in [5.74, 6) is 0. The Hall–Kier alpha value is -1.20. The largest absolute Gasteiger partial charge is 0.388 e. The fourth-order valence-electron chi connectivity index (χ4n) is 2.44. The molecule has 1 aliphatic heterocycles. The number of hydrogen-bond donors (Lipinski definition) is 1. The SMILES string of the molecule is CC1CN(c2cccnc2C(N)=S)CC(C)N1C. The van der Waals surface area contributed by atoms with Crippen molar-refractivity contribution in [2.24, 2.45) is 5.73 Å². The number of hydrogen-bond acceptors (Lipinski definition) is 4. The number of likely N-dealkylation sites (N-methyl/N-ethyl adjacent to an activating group) is 1. The average Bonchev–Trinajstić information content (AvgIpc) is 2.35.